The maximum Gasteiger partial charge on any atom is 1.00 e. The molecule has 0 saturated heterocycles. The Balaban J connectivity index is 0. The summed E-state index contributed by atoms with van der Waals surface area (Å²) in [5.74, 6) is 0. The Morgan fingerprint density at radius 2 is 2.00 bits per heavy atom. The first-order valence-electron chi connectivity index (χ1n) is 2.96. The van der Waals surface area contributed by atoms with Crippen molar-refractivity contribution in [2.24, 2.45) is 0 Å². The summed E-state index contributed by atoms with van der Waals surface area (Å²) in [4.78, 5) is 10.3. The van der Waals surface area contributed by atoms with Crippen LogP contribution in [0.3, 0.4) is 0 Å². The molecular weight excluding hydrogens is 178 g/mol. The van der Waals surface area contributed by atoms with Crippen molar-refractivity contribution >= 4 is 7.60 Å². The zero-order chi connectivity index (χ0) is 8.20. The fourth-order valence-electron chi connectivity index (χ4n) is 0.262. The molecule has 0 rings (SSSR count). The van der Waals surface area contributed by atoms with Crippen LogP contribution in [0.15, 0.2) is 0 Å². The second-order valence-corrected chi connectivity index (χ2v) is 4.03. The van der Waals surface area contributed by atoms with Gasteiger partial charge in [0.25, 0.3) is 0 Å². The molecule has 0 aliphatic rings. The number of hydrogen-bond donors (Lipinski definition) is 0. The molecule has 0 N–H and O–H groups in total. The monoisotopic (exact) mass is 190 g/mol. The molecule has 4 nitrogen and oxygen atoms in total. The zero-order valence-corrected chi connectivity index (χ0v) is 10.3. The molecule has 0 amide bonds. The summed E-state index contributed by atoms with van der Waals surface area (Å²) in [5.41, 5.74) is 0. The van der Waals surface area contributed by atoms with Gasteiger partial charge in [-0.15, -0.1) is 0 Å². The van der Waals surface area contributed by atoms with E-state index in [4.69, 9.17) is 4.74 Å². The molecule has 0 aromatic rings. The van der Waals surface area contributed by atoms with Crippen LogP contribution in [0.25, 0.3) is 0 Å². The van der Waals surface area contributed by atoms with Gasteiger partial charge in [0.15, 0.2) is 6.79 Å². The van der Waals surface area contributed by atoms with Crippen LogP contribution in [0, 0.1) is 0 Å². The molecule has 1 unspecified atom stereocenters. The molecule has 0 fully saturated rings. The van der Waals surface area contributed by atoms with Crippen LogP contribution in [0.4, 0.5) is 0 Å². The molecule has 0 radical (unpaired) electrons. The maximum atomic E-state index is 10.3. The van der Waals surface area contributed by atoms with E-state index in [0.717, 1.165) is 6.66 Å². The van der Waals surface area contributed by atoms with Crippen molar-refractivity contribution in [1.82, 2.24) is 0 Å². The Morgan fingerprint density at radius 1 is 1.55 bits per heavy atom. The molecule has 0 aliphatic carbocycles. The predicted octanol–water partition coefficient (Wildman–Crippen LogP) is -2.43. The fraction of sp³-hybridized carbons (Fsp3) is 1.00. The Labute approximate surface area is 89.1 Å². The van der Waals surface area contributed by atoms with E-state index >= 15 is 0 Å². The molecule has 1 atom stereocenters. The van der Waals surface area contributed by atoms with Gasteiger partial charge < -0.3 is 18.7 Å². The van der Waals surface area contributed by atoms with Crippen LogP contribution in [0.5, 0.6) is 0 Å². The Morgan fingerprint density at radius 3 is 2.27 bits per heavy atom. The van der Waals surface area contributed by atoms with E-state index in [9.17, 15) is 9.46 Å². The van der Waals surface area contributed by atoms with E-state index in [2.05, 4.69) is 4.52 Å². The van der Waals surface area contributed by atoms with Crippen molar-refractivity contribution in [2.45, 2.75) is 20.0 Å². The van der Waals surface area contributed by atoms with E-state index in [0.29, 0.717) is 0 Å². The van der Waals surface area contributed by atoms with Gasteiger partial charge in [0.2, 0.25) is 0 Å². The van der Waals surface area contributed by atoms with Crippen LogP contribution in [-0.4, -0.2) is 19.6 Å². The molecule has 0 aromatic heterocycles. The molecule has 0 spiro atoms. The maximum absolute atomic E-state index is 10.3. The summed E-state index contributed by atoms with van der Waals surface area (Å²) >= 11 is 0. The molecule has 6 heteroatoms. The third-order valence-electron chi connectivity index (χ3n) is 0.689. The first-order chi connectivity index (χ1) is 4.42. The molecule has 0 aliphatic heterocycles. The topological polar surface area (TPSA) is 58.6 Å². The normalized spacial score (nSPS) is 15.7. The number of rotatable bonds is 4. The van der Waals surface area contributed by atoms with Gasteiger partial charge in [-0.2, -0.15) is 0 Å². The fourth-order valence-corrected chi connectivity index (χ4v) is 0.515. The minimum absolute atomic E-state index is 0. The van der Waals surface area contributed by atoms with E-state index in [1.54, 1.807) is 13.8 Å². The minimum atomic E-state index is -3.60. The zero-order valence-electron chi connectivity index (χ0n) is 7.36. The van der Waals surface area contributed by atoms with Crippen LogP contribution >= 0.6 is 7.60 Å². The van der Waals surface area contributed by atoms with Gasteiger partial charge in [-0.3, -0.25) is 0 Å². The molecule has 11 heavy (non-hydrogen) atoms. The van der Waals surface area contributed by atoms with Crippen LogP contribution in [0.2, 0.25) is 0 Å². The van der Waals surface area contributed by atoms with Gasteiger partial charge in [-0.05, 0) is 13.8 Å². The first-order valence-corrected chi connectivity index (χ1v) is 4.95. The van der Waals surface area contributed by atoms with Crippen molar-refractivity contribution < 1.29 is 48.3 Å². The van der Waals surface area contributed by atoms with Crippen molar-refractivity contribution in [2.75, 3.05) is 13.5 Å². The Bertz CT molecular complexity index is 132. The molecule has 0 heterocycles. The second kappa shape index (κ2) is 6.61. The van der Waals surface area contributed by atoms with Crippen molar-refractivity contribution in [1.29, 1.82) is 0 Å². The van der Waals surface area contributed by atoms with Gasteiger partial charge in [0.1, 0.15) is 7.60 Å². The summed E-state index contributed by atoms with van der Waals surface area (Å²) < 4.78 is 19.5. The summed E-state index contributed by atoms with van der Waals surface area (Å²) in [6, 6.07) is 0. The molecule has 62 valence electrons. The quantitative estimate of drug-likeness (QED) is 0.281. The average molecular weight is 190 g/mol. The van der Waals surface area contributed by atoms with Crippen LogP contribution in [-0.2, 0) is 13.8 Å². The standard InChI is InChI=1S/C5H13O4P.Na/c1-5(2)8-4-9-10(3,6)7;/h5H,4H2,1-3H3,(H,6,7);/q;+1/p-1. The molecule has 0 saturated carbocycles. The largest absolute Gasteiger partial charge is 1.00 e. The third-order valence-corrected chi connectivity index (χ3v) is 1.26. The molecule has 0 bridgehead atoms. The third kappa shape index (κ3) is 14.0. The van der Waals surface area contributed by atoms with E-state index in [-0.39, 0.29) is 42.5 Å². The van der Waals surface area contributed by atoms with Crippen molar-refractivity contribution in [3.8, 4) is 0 Å². The summed E-state index contributed by atoms with van der Waals surface area (Å²) in [7, 11) is -3.60. The van der Waals surface area contributed by atoms with Gasteiger partial charge in [-0.1, -0.05) is 0 Å². The Hall–Kier alpha value is 1.11. The Kier molecular flexibility index (Phi) is 8.78. The molecule has 0 aromatic carbocycles. The van der Waals surface area contributed by atoms with Crippen LogP contribution in [0.1, 0.15) is 13.8 Å². The summed E-state index contributed by atoms with van der Waals surface area (Å²) in [5, 5.41) is 0. The number of ether oxygens (including phenoxy) is 1. The number of hydrogen-bond acceptors (Lipinski definition) is 4. The summed E-state index contributed by atoms with van der Waals surface area (Å²) in [6.07, 6.45) is -0.00782. The van der Waals surface area contributed by atoms with Gasteiger partial charge in [0.05, 0.1) is 6.10 Å². The molecular formula is C5H12NaO4P. The van der Waals surface area contributed by atoms with E-state index in [1.165, 1.54) is 0 Å². The van der Waals surface area contributed by atoms with Gasteiger partial charge in [0, 0.05) is 6.66 Å². The smallest absolute Gasteiger partial charge is 0.779 e. The van der Waals surface area contributed by atoms with E-state index < -0.39 is 7.60 Å². The minimum Gasteiger partial charge on any atom is -0.779 e. The van der Waals surface area contributed by atoms with Crippen molar-refractivity contribution in [3.63, 3.8) is 0 Å². The van der Waals surface area contributed by atoms with Crippen LogP contribution < -0.4 is 34.5 Å². The van der Waals surface area contributed by atoms with E-state index in [1.807, 2.05) is 0 Å². The van der Waals surface area contributed by atoms with Gasteiger partial charge >= 0.3 is 29.6 Å². The first kappa shape index (κ1) is 14.6. The van der Waals surface area contributed by atoms with Gasteiger partial charge in [-0.25, -0.2) is 0 Å². The summed E-state index contributed by atoms with van der Waals surface area (Å²) in [6.45, 7) is 4.43. The average Bonchev–Trinajstić information content (AvgIpc) is 1.59. The predicted molar refractivity (Wildman–Crippen MR) is 35.7 cm³/mol. The SMILES string of the molecule is CC(C)OCOP(C)(=O)[O-].[Na+]. The second-order valence-electron chi connectivity index (χ2n) is 2.23. The van der Waals surface area contributed by atoms with Crippen molar-refractivity contribution in [3.05, 3.63) is 0 Å².